The first kappa shape index (κ1) is 15.5. The van der Waals surface area contributed by atoms with E-state index in [0.717, 1.165) is 31.6 Å². The van der Waals surface area contributed by atoms with Crippen molar-refractivity contribution < 1.29 is 9.53 Å². The van der Waals surface area contributed by atoms with Crippen molar-refractivity contribution in [3.05, 3.63) is 11.5 Å². The highest BCUT2D eigenvalue weighted by atomic mass is 16.5. The summed E-state index contributed by atoms with van der Waals surface area (Å²) in [4.78, 5) is 16.1. The average Bonchev–Trinajstić information content (AvgIpc) is 2.73. The van der Waals surface area contributed by atoms with Crippen molar-refractivity contribution in [3.63, 3.8) is 0 Å². The molecule has 0 bridgehead atoms. The number of carbonyl (C=O) groups is 1. The zero-order chi connectivity index (χ0) is 14.4. The van der Waals surface area contributed by atoms with Crippen LogP contribution in [0.4, 0.5) is 5.82 Å². The van der Waals surface area contributed by atoms with E-state index in [4.69, 9.17) is 10.5 Å². The zero-order valence-corrected chi connectivity index (χ0v) is 12.4. The van der Waals surface area contributed by atoms with Gasteiger partial charge in [0.2, 0.25) is 0 Å². The van der Waals surface area contributed by atoms with Gasteiger partial charge in [-0.1, -0.05) is 33.6 Å². The van der Waals surface area contributed by atoms with Crippen LogP contribution >= 0.6 is 0 Å². The molecule has 19 heavy (non-hydrogen) atoms. The van der Waals surface area contributed by atoms with Crippen LogP contribution in [-0.4, -0.2) is 22.1 Å². The number of imidazole rings is 1. The van der Waals surface area contributed by atoms with E-state index >= 15 is 0 Å². The third kappa shape index (κ3) is 3.49. The van der Waals surface area contributed by atoms with Crippen LogP contribution in [0.15, 0.2) is 0 Å². The molecule has 0 unspecified atom stereocenters. The van der Waals surface area contributed by atoms with Gasteiger partial charge < -0.3 is 15.0 Å². The maximum absolute atomic E-state index is 11.8. The number of nitrogen functional groups attached to an aromatic ring is 1. The number of rotatable bonds is 7. The maximum Gasteiger partial charge on any atom is 0.360 e. The molecule has 0 fully saturated rings. The Labute approximate surface area is 115 Å². The first-order chi connectivity index (χ1) is 9.08. The summed E-state index contributed by atoms with van der Waals surface area (Å²) in [5.41, 5.74) is 6.32. The Bertz CT molecular complexity index is 423. The van der Waals surface area contributed by atoms with Crippen LogP contribution in [0.25, 0.3) is 0 Å². The van der Waals surface area contributed by atoms with E-state index in [1.807, 2.05) is 11.5 Å². The average molecular weight is 267 g/mol. The molecular weight excluding hydrogens is 242 g/mol. The maximum atomic E-state index is 11.8. The van der Waals surface area contributed by atoms with E-state index in [1.54, 1.807) is 6.92 Å². The fourth-order valence-electron chi connectivity index (χ4n) is 2.14. The zero-order valence-electron chi connectivity index (χ0n) is 12.4. The van der Waals surface area contributed by atoms with Gasteiger partial charge in [-0.25, -0.2) is 9.78 Å². The summed E-state index contributed by atoms with van der Waals surface area (Å²) in [5, 5.41) is 0. The first-order valence-corrected chi connectivity index (χ1v) is 7.10. The molecule has 0 radical (unpaired) electrons. The summed E-state index contributed by atoms with van der Waals surface area (Å²) in [5.74, 6) is 1.41. The van der Waals surface area contributed by atoms with Crippen molar-refractivity contribution in [1.82, 2.24) is 9.55 Å². The Balaban J connectivity index is 3.06. The third-order valence-corrected chi connectivity index (χ3v) is 3.47. The summed E-state index contributed by atoms with van der Waals surface area (Å²) >= 11 is 0. The molecule has 0 saturated heterocycles. The number of esters is 1. The quantitative estimate of drug-likeness (QED) is 0.771. The molecule has 0 amide bonds. The van der Waals surface area contributed by atoms with Gasteiger partial charge >= 0.3 is 5.97 Å². The fourth-order valence-corrected chi connectivity index (χ4v) is 2.14. The van der Waals surface area contributed by atoms with Crippen molar-refractivity contribution in [2.24, 2.45) is 5.92 Å². The summed E-state index contributed by atoms with van der Waals surface area (Å²) in [6.07, 6.45) is 2.93. The normalized spacial score (nSPS) is 11.0. The standard InChI is InChI=1S/C14H25N3O2/c1-5-10(6-2)9-17-11(7-3)16-12(13(17)15)14(18)19-8-4/h10H,5-9,15H2,1-4H3. The Morgan fingerprint density at radius 2 is 1.95 bits per heavy atom. The molecule has 1 aromatic heterocycles. The van der Waals surface area contributed by atoms with Gasteiger partial charge in [-0.2, -0.15) is 0 Å². The molecule has 0 aliphatic heterocycles. The van der Waals surface area contributed by atoms with Gasteiger partial charge in [0, 0.05) is 13.0 Å². The minimum absolute atomic E-state index is 0.254. The number of aromatic nitrogens is 2. The van der Waals surface area contributed by atoms with E-state index in [2.05, 4.69) is 18.8 Å². The second-order valence-corrected chi connectivity index (χ2v) is 4.63. The molecule has 0 aliphatic carbocycles. The Morgan fingerprint density at radius 3 is 2.42 bits per heavy atom. The van der Waals surface area contributed by atoms with Crippen LogP contribution in [0.1, 0.15) is 56.8 Å². The van der Waals surface area contributed by atoms with Crippen LogP contribution in [0, 0.1) is 5.92 Å². The fraction of sp³-hybridized carbons (Fsp3) is 0.714. The molecule has 1 rings (SSSR count). The lowest BCUT2D eigenvalue weighted by Crippen LogP contribution is -2.15. The van der Waals surface area contributed by atoms with Crippen molar-refractivity contribution in [3.8, 4) is 0 Å². The van der Waals surface area contributed by atoms with Crippen molar-refractivity contribution >= 4 is 11.8 Å². The van der Waals surface area contributed by atoms with Gasteiger partial charge in [0.25, 0.3) is 0 Å². The Kier molecular flexibility index (Phi) is 5.86. The smallest absolute Gasteiger partial charge is 0.360 e. The SMILES string of the molecule is CCOC(=O)c1nc(CC)n(CC(CC)CC)c1N. The van der Waals surface area contributed by atoms with Gasteiger partial charge in [0.15, 0.2) is 5.69 Å². The van der Waals surface area contributed by atoms with Crippen LogP contribution in [0.5, 0.6) is 0 Å². The number of aryl methyl sites for hydroxylation is 1. The number of nitrogens with two attached hydrogens (primary N) is 1. The van der Waals surface area contributed by atoms with Gasteiger partial charge in [-0.15, -0.1) is 0 Å². The number of nitrogens with zero attached hydrogens (tertiary/aromatic N) is 2. The highest BCUT2D eigenvalue weighted by Crippen LogP contribution is 2.20. The molecule has 5 heteroatoms. The Hall–Kier alpha value is -1.52. The summed E-state index contributed by atoms with van der Waals surface area (Å²) in [6.45, 7) is 9.27. The van der Waals surface area contributed by atoms with Gasteiger partial charge in [0.1, 0.15) is 11.6 Å². The highest BCUT2D eigenvalue weighted by Gasteiger charge is 2.21. The highest BCUT2D eigenvalue weighted by molar-refractivity contribution is 5.92. The lowest BCUT2D eigenvalue weighted by Gasteiger charge is -2.16. The minimum Gasteiger partial charge on any atom is -0.461 e. The van der Waals surface area contributed by atoms with E-state index in [0.29, 0.717) is 18.3 Å². The molecule has 1 aromatic rings. The molecule has 108 valence electrons. The van der Waals surface area contributed by atoms with Gasteiger partial charge in [-0.3, -0.25) is 0 Å². The van der Waals surface area contributed by atoms with E-state index in [1.165, 1.54) is 0 Å². The minimum atomic E-state index is -0.432. The lowest BCUT2D eigenvalue weighted by molar-refractivity contribution is 0.0521. The third-order valence-electron chi connectivity index (χ3n) is 3.47. The monoisotopic (exact) mass is 267 g/mol. The molecule has 2 N–H and O–H groups in total. The topological polar surface area (TPSA) is 70.1 Å². The van der Waals surface area contributed by atoms with Gasteiger partial charge in [-0.05, 0) is 12.8 Å². The van der Waals surface area contributed by atoms with Crippen molar-refractivity contribution in [2.45, 2.75) is 53.5 Å². The lowest BCUT2D eigenvalue weighted by atomic mass is 10.0. The molecule has 0 spiro atoms. The molecule has 0 aliphatic rings. The summed E-state index contributed by atoms with van der Waals surface area (Å²) in [6, 6.07) is 0. The number of anilines is 1. The molecule has 0 saturated carbocycles. The summed E-state index contributed by atoms with van der Waals surface area (Å²) in [7, 11) is 0. The number of hydrogen-bond acceptors (Lipinski definition) is 4. The number of carbonyl (C=O) groups excluding carboxylic acids is 1. The molecular formula is C14H25N3O2. The molecule has 5 nitrogen and oxygen atoms in total. The summed E-state index contributed by atoms with van der Waals surface area (Å²) < 4.78 is 6.95. The molecule has 0 aromatic carbocycles. The van der Waals surface area contributed by atoms with Crippen LogP contribution < -0.4 is 5.73 Å². The van der Waals surface area contributed by atoms with Crippen LogP contribution in [-0.2, 0) is 17.7 Å². The largest absolute Gasteiger partial charge is 0.461 e. The van der Waals surface area contributed by atoms with E-state index in [9.17, 15) is 4.79 Å². The molecule has 0 atom stereocenters. The predicted molar refractivity (Wildman–Crippen MR) is 76.0 cm³/mol. The second kappa shape index (κ2) is 7.16. The van der Waals surface area contributed by atoms with Crippen molar-refractivity contribution in [1.29, 1.82) is 0 Å². The molecule has 1 heterocycles. The van der Waals surface area contributed by atoms with Crippen LogP contribution in [0.3, 0.4) is 0 Å². The van der Waals surface area contributed by atoms with Gasteiger partial charge in [0.05, 0.1) is 6.61 Å². The first-order valence-electron chi connectivity index (χ1n) is 7.10. The van der Waals surface area contributed by atoms with E-state index < -0.39 is 5.97 Å². The second-order valence-electron chi connectivity index (χ2n) is 4.63. The van der Waals surface area contributed by atoms with Crippen molar-refractivity contribution in [2.75, 3.05) is 12.3 Å². The van der Waals surface area contributed by atoms with Crippen LogP contribution in [0.2, 0.25) is 0 Å². The number of ether oxygens (including phenoxy) is 1. The predicted octanol–water partition coefficient (Wildman–Crippen LogP) is 2.64. The number of hydrogen-bond donors (Lipinski definition) is 1. The Morgan fingerprint density at radius 1 is 1.32 bits per heavy atom. The van der Waals surface area contributed by atoms with E-state index in [-0.39, 0.29) is 5.69 Å².